The van der Waals surface area contributed by atoms with Crippen molar-refractivity contribution in [2.75, 3.05) is 0 Å². The van der Waals surface area contributed by atoms with Crippen molar-refractivity contribution >= 4 is 6.09 Å². The third-order valence-electron chi connectivity index (χ3n) is 2.84. The molecule has 0 aliphatic heterocycles. The van der Waals surface area contributed by atoms with E-state index in [1.54, 1.807) is 0 Å². The summed E-state index contributed by atoms with van der Waals surface area (Å²) in [4.78, 5) is 10.0. The first-order valence-electron chi connectivity index (χ1n) is 5.54. The second kappa shape index (κ2) is 5.96. The molecule has 2 N–H and O–H groups in total. The van der Waals surface area contributed by atoms with Gasteiger partial charge in [-0.3, -0.25) is 0 Å². The summed E-state index contributed by atoms with van der Waals surface area (Å²) in [6.07, 6.45) is -10.0. The monoisotopic (exact) mass is 407 g/mol. The van der Waals surface area contributed by atoms with Crippen molar-refractivity contribution in [2.45, 2.75) is 48.8 Å². The van der Waals surface area contributed by atoms with Gasteiger partial charge >= 0.3 is 41.9 Å². The maximum absolute atomic E-state index is 13.3. The van der Waals surface area contributed by atoms with Crippen LogP contribution < -0.4 is 5.32 Å². The van der Waals surface area contributed by atoms with E-state index in [0.29, 0.717) is 5.32 Å². The van der Waals surface area contributed by atoms with Gasteiger partial charge in [0.05, 0.1) is 6.04 Å². The van der Waals surface area contributed by atoms with Crippen LogP contribution in [0.4, 0.5) is 61.9 Å². The lowest BCUT2D eigenvalue weighted by Gasteiger charge is -2.41. The molecule has 0 rings (SSSR count). The highest BCUT2D eigenvalue weighted by molar-refractivity contribution is 5.65. The highest BCUT2D eigenvalue weighted by atomic mass is 19.4. The van der Waals surface area contributed by atoms with Crippen LogP contribution in [0.3, 0.4) is 0 Å². The minimum Gasteiger partial charge on any atom is -0.465 e. The van der Waals surface area contributed by atoms with Crippen LogP contribution in [0.1, 0.15) is 6.92 Å². The van der Waals surface area contributed by atoms with E-state index in [0.717, 1.165) is 0 Å². The second-order valence-corrected chi connectivity index (χ2v) is 4.59. The Balaban J connectivity index is 6.25. The highest BCUT2D eigenvalue weighted by Gasteiger charge is 2.91. The zero-order valence-corrected chi connectivity index (χ0v) is 11.3. The molecule has 0 aliphatic carbocycles. The lowest BCUT2D eigenvalue weighted by Crippen LogP contribution is -2.72. The number of carboxylic acid groups (broad SMARTS) is 1. The molecule has 0 spiro atoms. The van der Waals surface area contributed by atoms with Crippen LogP contribution in [0.25, 0.3) is 0 Å². The lowest BCUT2D eigenvalue weighted by atomic mass is 9.91. The number of alkyl halides is 13. The molecule has 0 aromatic heterocycles. The molecule has 0 bridgehead atoms. The highest BCUT2D eigenvalue weighted by Crippen LogP contribution is 2.60. The van der Waals surface area contributed by atoms with Gasteiger partial charge in [0.2, 0.25) is 0 Å². The predicted octanol–water partition coefficient (Wildman–Crippen LogP) is 4.38. The number of halogens is 13. The summed E-state index contributed by atoms with van der Waals surface area (Å²) in [5, 5.41) is 8.50. The van der Waals surface area contributed by atoms with E-state index in [2.05, 4.69) is 0 Å². The van der Waals surface area contributed by atoms with Crippen LogP contribution in [0, 0.1) is 0 Å². The van der Waals surface area contributed by atoms with Crippen LogP contribution in [-0.4, -0.2) is 53.0 Å². The van der Waals surface area contributed by atoms with Crippen molar-refractivity contribution in [3.05, 3.63) is 0 Å². The number of hydrogen-bond acceptors (Lipinski definition) is 1. The zero-order valence-electron chi connectivity index (χ0n) is 11.3. The smallest absolute Gasteiger partial charge is 0.460 e. The molecule has 0 heterocycles. The Labute approximate surface area is 128 Å². The third kappa shape index (κ3) is 3.26. The molecule has 0 saturated heterocycles. The molecule has 0 aliphatic rings. The second-order valence-electron chi connectivity index (χ2n) is 4.59. The van der Waals surface area contributed by atoms with Gasteiger partial charge in [0, 0.05) is 0 Å². The minimum atomic E-state index is -8.01. The zero-order chi connectivity index (χ0) is 20.9. The summed E-state index contributed by atoms with van der Waals surface area (Å²) in [5.74, 6) is -37.8. The van der Waals surface area contributed by atoms with Crippen molar-refractivity contribution in [3.63, 3.8) is 0 Å². The van der Waals surface area contributed by atoms with Gasteiger partial charge in [-0.25, -0.2) is 4.79 Å². The molecular formula is C9H6F13NO2. The van der Waals surface area contributed by atoms with Gasteiger partial charge in [-0.1, -0.05) is 0 Å². The molecular weight excluding hydrogens is 401 g/mol. The van der Waals surface area contributed by atoms with Gasteiger partial charge in [-0.15, -0.1) is 0 Å². The lowest BCUT2D eigenvalue weighted by molar-refractivity contribution is -0.441. The predicted molar refractivity (Wildman–Crippen MR) is 51.4 cm³/mol. The van der Waals surface area contributed by atoms with Gasteiger partial charge in [-0.2, -0.15) is 57.1 Å². The quantitative estimate of drug-likeness (QED) is 0.643. The first kappa shape index (κ1) is 23.4. The summed E-state index contributed by atoms with van der Waals surface area (Å²) in [5.41, 5.74) is 0. The first-order chi connectivity index (χ1) is 10.6. The van der Waals surface area contributed by atoms with Gasteiger partial charge in [0.1, 0.15) is 0 Å². The molecule has 1 unspecified atom stereocenters. The summed E-state index contributed by atoms with van der Waals surface area (Å²) < 4.78 is 165. The van der Waals surface area contributed by atoms with Crippen molar-refractivity contribution in [1.29, 1.82) is 0 Å². The SMILES string of the molecule is CC(NC(=O)O)C(F)(F)C(F)(F)C(F)(F)C(F)(F)C(F)(F)C(F)(F)F. The molecule has 1 amide bonds. The number of nitrogens with one attached hydrogen (secondary N) is 1. The molecule has 1 atom stereocenters. The number of carbonyl (C=O) groups is 1. The van der Waals surface area contributed by atoms with E-state index in [9.17, 15) is 61.9 Å². The van der Waals surface area contributed by atoms with Crippen molar-refractivity contribution in [2.24, 2.45) is 0 Å². The average molecular weight is 407 g/mol. The van der Waals surface area contributed by atoms with Crippen LogP contribution in [0.2, 0.25) is 0 Å². The summed E-state index contributed by atoms with van der Waals surface area (Å²) in [6.45, 7) is -0.238. The van der Waals surface area contributed by atoms with E-state index in [4.69, 9.17) is 5.11 Å². The Morgan fingerprint density at radius 1 is 0.720 bits per heavy atom. The van der Waals surface area contributed by atoms with Crippen LogP contribution in [0.15, 0.2) is 0 Å². The first-order valence-corrected chi connectivity index (χ1v) is 5.54. The molecule has 0 aromatic rings. The van der Waals surface area contributed by atoms with Gasteiger partial charge in [-0.05, 0) is 6.92 Å². The van der Waals surface area contributed by atoms with Gasteiger partial charge < -0.3 is 10.4 Å². The number of amides is 1. The van der Waals surface area contributed by atoms with Crippen molar-refractivity contribution < 1.29 is 67.0 Å². The van der Waals surface area contributed by atoms with Gasteiger partial charge in [0.25, 0.3) is 0 Å². The molecule has 150 valence electrons. The van der Waals surface area contributed by atoms with E-state index in [1.807, 2.05) is 0 Å². The summed E-state index contributed by atoms with van der Waals surface area (Å²) >= 11 is 0. The fraction of sp³-hybridized carbons (Fsp3) is 0.889. The van der Waals surface area contributed by atoms with E-state index in [-0.39, 0.29) is 6.92 Å². The van der Waals surface area contributed by atoms with E-state index in [1.165, 1.54) is 0 Å². The maximum atomic E-state index is 13.3. The third-order valence-corrected chi connectivity index (χ3v) is 2.84. The average Bonchev–Trinajstić information content (AvgIpc) is 2.35. The largest absolute Gasteiger partial charge is 0.465 e. The minimum absolute atomic E-state index is 0.238. The molecule has 16 heteroatoms. The molecule has 0 radical (unpaired) electrons. The van der Waals surface area contributed by atoms with E-state index < -0.39 is 47.9 Å². The molecule has 25 heavy (non-hydrogen) atoms. The Hall–Kier alpha value is -1.64. The number of hydrogen-bond donors (Lipinski definition) is 2. The standard InChI is InChI=1S/C9H6F13NO2/c1-2(23-3(24)25)4(10,11)5(12,13)6(14,15)7(16,17)8(18,19)9(20,21)22/h2,23H,1H3,(H,24,25). The van der Waals surface area contributed by atoms with E-state index >= 15 is 0 Å². The maximum Gasteiger partial charge on any atom is 0.460 e. The molecule has 0 saturated carbocycles. The number of rotatable bonds is 6. The summed E-state index contributed by atoms with van der Waals surface area (Å²) in [6, 6.07) is -3.57. The fourth-order valence-corrected chi connectivity index (χ4v) is 1.33. The van der Waals surface area contributed by atoms with Gasteiger partial charge in [0.15, 0.2) is 0 Å². The molecule has 0 aromatic carbocycles. The van der Waals surface area contributed by atoms with Crippen molar-refractivity contribution in [1.82, 2.24) is 5.32 Å². The molecule has 0 fully saturated rings. The fourth-order valence-electron chi connectivity index (χ4n) is 1.33. The Bertz CT molecular complexity index is 512. The topological polar surface area (TPSA) is 49.3 Å². The Morgan fingerprint density at radius 2 is 1.04 bits per heavy atom. The van der Waals surface area contributed by atoms with Crippen molar-refractivity contribution in [3.8, 4) is 0 Å². The van der Waals surface area contributed by atoms with Crippen LogP contribution >= 0.6 is 0 Å². The van der Waals surface area contributed by atoms with Crippen LogP contribution in [-0.2, 0) is 0 Å². The molecule has 3 nitrogen and oxygen atoms in total. The normalized spacial score (nSPS) is 16.6. The Morgan fingerprint density at radius 3 is 1.32 bits per heavy atom. The Kier molecular flexibility index (Phi) is 5.57. The summed E-state index contributed by atoms with van der Waals surface area (Å²) in [7, 11) is 0. The van der Waals surface area contributed by atoms with Crippen LogP contribution in [0.5, 0.6) is 0 Å².